The molecule has 0 aliphatic rings. The van der Waals surface area contributed by atoms with E-state index in [1.165, 1.54) is 24.3 Å². The highest BCUT2D eigenvalue weighted by atomic mass is 19.3. The fourth-order valence-corrected chi connectivity index (χ4v) is 2.32. The van der Waals surface area contributed by atoms with Gasteiger partial charge in [0, 0.05) is 11.3 Å². The summed E-state index contributed by atoms with van der Waals surface area (Å²) in [7, 11) is 0. The molecule has 122 valence electrons. The second-order valence-corrected chi connectivity index (χ2v) is 5.55. The summed E-state index contributed by atoms with van der Waals surface area (Å²) in [6, 6.07) is 11.5. The van der Waals surface area contributed by atoms with Crippen LogP contribution in [0.5, 0.6) is 5.75 Å². The molecule has 2 aromatic carbocycles. The van der Waals surface area contributed by atoms with Crippen LogP contribution in [-0.2, 0) is 0 Å². The van der Waals surface area contributed by atoms with Crippen LogP contribution in [-0.4, -0.2) is 12.5 Å². The molecule has 0 aliphatic carbocycles. The Morgan fingerprint density at radius 2 is 1.74 bits per heavy atom. The van der Waals surface area contributed by atoms with E-state index in [1.807, 2.05) is 25.1 Å². The van der Waals surface area contributed by atoms with Gasteiger partial charge in [0.05, 0.1) is 0 Å². The van der Waals surface area contributed by atoms with Crippen LogP contribution in [0.2, 0.25) is 0 Å². The molecule has 0 atom stereocenters. The molecule has 23 heavy (non-hydrogen) atoms. The summed E-state index contributed by atoms with van der Waals surface area (Å²) in [6.07, 6.45) is 0. The smallest absolute Gasteiger partial charge is 0.387 e. The molecular weight excluding hydrogens is 300 g/mol. The van der Waals surface area contributed by atoms with E-state index in [0.717, 1.165) is 16.8 Å². The monoisotopic (exact) mass is 319 g/mol. The highest BCUT2D eigenvalue weighted by Gasteiger charge is 2.13. The highest BCUT2D eigenvalue weighted by molar-refractivity contribution is 6.05. The van der Waals surface area contributed by atoms with Crippen molar-refractivity contribution in [1.29, 1.82) is 0 Å². The lowest BCUT2D eigenvalue weighted by Crippen LogP contribution is -2.14. The third-order valence-corrected chi connectivity index (χ3v) is 3.51. The molecule has 0 fully saturated rings. The minimum absolute atomic E-state index is 0.0234. The van der Waals surface area contributed by atoms with Gasteiger partial charge in [0.25, 0.3) is 5.91 Å². The van der Waals surface area contributed by atoms with E-state index in [9.17, 15) is 13.6 Å². The summed E-state index contributed by atoms with van der Waals surface area (Å²) in [5, 5.41) is 2.91. The maximum atomic E-state index is 12.4. The third-order valence-electron chi connectivity index (χ3n) is 3.51. The van der Waals surface area contributed by atoms with Crippen LogP contribution >= 0.6 is 0 Å². The molecule has 2 aromatic rings. The van der Waals surface area contributed by atoms with E-state index < -0.39 is 6.61 Å². The zero-order chi connectivity index (χ0) is 17.0. The molecule has 1 N–H and O–H groups in total. The first kappa shape index (κ1) is 16.9. The Bertz CT molecular complexity index is 682. The minimum atomic E-state index is -2.88. The standard InChI is InChI=1S/C18H19F2NO2/c1-11(2)15-6-4-5-12(3)16(15)21-17(22)13-7-9-14(10-8-13)23-18(19)20/h4-11,18H,1-3H3,(H,21,22). The number of hydrogen-bond donors (Lipinski definition) is 1. The molecular formula is C18H19F2NO2. The molecule has 0 aliphatic heterocycles. The fourth-order valence-electron chi connectivity index (χ4n) is 2.32. The van der Waals surface area contributed by atoms with Gasteiger partial charge < -0.3 is 10.1 Å². The van der Waals surface area contributed by atoms with Gasteiger partial charge in [-0.25, -0.2) is 0 Å². The number of alkyl halides is 2. The molecule has 0 saturated heterocycles. The number of hydrogen-bond acceptors (Lipinski definition) is 2. The van der Waals surface area contributed by atoms with Crippen molar-refractivity contribution in [3.63, 3.8) is 0 Å². The molecule has 0 heterocycles. The van der Waals surface area contributed by atoms with Crippen molar-refractivity contribution in [2.24, 2.45) is 0 Å². The van der Waals surface area contributed by atoms with Gasteiger partial charge in [-0.3, -0.25) is 4.79 Å². The number of rotatable bonds is 5. The lowest BCUT2D eigenvalue weighted by atomic mass is 9.98. The number of carbonyl (C=O) groups excluding carboxylic acids is 1. The summed E-state index contributed by atoms with van der Waals surface area (Å²) >= 11 is 0. The predicted molar refractivity (Wildman–Crippen MR) is 86.3 cm³/mol. The maximum Gasteiger partial charge on any atom is 0.387 e. The fraction of sp³-hybridized carbons (Fsp3) is 0.278. The van der Waals surface area contributed by atoms with Gasteiger partial charge in [-0.15, -0.1) is 0 Å². The normalized spacial score (nSPS) is 10.9. The Balaban J connectivity index is 2.19. The second kappa shape index (κ2) is 7.22. The molecule has 3 nitrogen and oxygen atoms in total. The van der Waals surface area contributed by atoms with Crippen LogP contribution in [0.25, 0.3) is 0 Å². The van der Waals surface area contributed by atoms with Crippen LogP contribution in [0.1, 0.15) is 41.3 Å². The van der Waals surface area contributed by atoms with Crippen molar-refractivity contribution < 1.29 is 18.3 Å². The summed E-state index contributed by atoms with van der Waals surface area (Å²) in [5.41, 5.74) is 3.20. The van der Waals surface area contributed by atoms with Gasteiger partial charge in [0.2, 0.25) is 0 Å². The van der Waals surface area contributed by atoms with Gasteiger partial charge in [-0.05, 0) is 48.2 Å². The topological polar surface area (TPSA) is 38.3 Å². The van der Waals surface area contributed by atoms with E-state index in [2.05, 4.69) is 23.9 Å². The Morgan fingerprint density at radius 1 is 1.09 bits per heavy atom. The summed E-state index contributed by atoms with van der Waals surface area (Å²) in [6.45, 7) is 3.17. The zero-order valence-electron chi connectivity index (χ0n) is 13.3. The Morgan fingerprint density at radius 3 is 2.30 bits per heavy atom. The van der Waals surface area contributed by atoms with Crippen molar-refractivity contribution in [3.8, 4) is 5.75 Å². The van der Waals surface area contributed by atoms with Crippen molar-refractivity contribution in [2.45, 2.75) is 33.3 Å². The zero-order valence-corrected chi connectivity index (χ0v) is 13.3. The molecule has 0 saturated carbocycles. The molecule has 0 aromatic heterocycles. The molecule has 0 bridgehead atoms. The molecule has 0 radical (unpaired) electrons. The van der Waals surface area contributed by atoms with Gasteiger partial charge in [0.15, 0.2) is 0 Å². The summed E-state index contributed by atoms with van der Waals surface area (Å²) < 4.78 is 28.5. The number of aryl methyl sites for hydroxylation is 1. The largest absolute Gasteiger partial charge is 0.435 e. The third kappa shape index (κ3) is 4.28. The van der Waals surface area contributed by atoms with E-state index in [-0.39, 0.29) is 17.6 Å². The van der Waals surface area contributed by atoms with Crippen LogP contribution < -0.4 is 10.1 Å². The number of halogens is 2. The van der Waals surface area contributed by atoms with E-state index in [1.54, 1.807) is 0 Å². The van der Waals surface area contributed by atoms with Crippen LogP contribution in [0.4, 0.5) is 14.5 Å². The van der Waals surface area contributed by atoms with Crippen molar-refractivity contribution in [1.82, 2.24) is 0 Å². The van der Waals surface area contributed by atoms with Crippen molar-refractivity contribution in [2.75, 3.05) is 5.32 Å². The first-order chi connectivity index (χ1) is 10.9. The number of carbonyl (C=O) groups is 1. The molecule has 5 heteroatoms. The predicted octanol–water partition coefficient (Wildman–Crippen LogP) is 4.97. The van der Waals surface area contributed by atoms with Gasteiger partial charge in [0.1, 0.15) is 5.75 Å². The number of nitrogens with one attached hydrogen (secondary N) is 1. The Hall–Kier alpha value is -2.43. The molecule has 1 amide bonds. The van der Waals surface area contributed by atoms with Crippen LogP contribution in [0.15, 0.2) is 42.5 Å². The van der Waals surface area contributed by atoms with Crippen LogP contribution in [0.3, 0.4) is 0 Å². The summed E-state index contributed by atoms with van der Waals surface area (Å²) in [5.74, 6) is 0.00660. The highest BCUT2D eigenvalue weighted by Crippen LogP contribution is 2.28. The lowest BCUT2D eigenvalue weighted by molar-refractivity contribution is -0.0498. The first-order valence-corrected chi connectivity index (χ1v) is 7.34. The number of amides is 1. The van der Waals surface area contributed by atoms with Crippen molar-refractivity contribution in [3.05, 3.63) is 59.2 Å². The molecule has 0 spiro atoms. The average Bonchev–Trinajstić information content (AvgIpc) is 2.49. The number of anilines is 1. The Kier molecular flexibility index (Phi) is 5.32. The SMILES string of the molecule is Cc1cccc(C(C)C)c1NC(=O)c1ccc(OC(F)F)cc1. The van der Waals surface area contributed by atoms with Gasteiger partial charge >= 0.3 is 6.61 Å². The molecule has 0 unspecified atom stereocenters. The van der Waals surface area contributed by atoms with Gasteiger partial charge in [-0.2, -0.15) is 8.78 Å². The molecule has 2 rings (SSSR count). The quantitative estimate of drug-likeness (QED) is 0.845. The summed E-state index contributed by atoms with van der Waals surface area (Å²) in [4.78, 5) is 12.4. The maximum absolute atomic E-state index is 12.4. The lowest BCUT2D eigenvalue weighted by Gasteiger charge is -2.16. The minimum Gasteiger partial charge on any atom is -0.435 e. The Labute approximate surface area is 134 Å². The number of para-hydroxylation sites is 1. The van der Waals surface area contributed by atoms with E-state index in [4.69, 9.17) is 0 Å². The van der Waals surface area contributed by atoms with E-state index in [0.29, 0.717) is 5.56 Å². The number of ether oxygens (including phenoxy) is 1. The first-order valence-electron chi connectivity index (χ1n) is 7.34. The number of benzene rings is 2. The van der Waals surface area contributed by atoms with Gasteiger partial charge in [-0.1, -0.05) is 32.0 Å². The van der Waals surface area contributed by atoms with E-state index >= 15 is 0 Å². The second-order valence-electron chi connectivity index (χ2n) is 5.55. The van der Waals surface area contributed by atoms with Crippen molar-refractivity contribution >= 4 is 11.6 Å². The van der Waals surface area contributed by atoms with Crippen LogP contribution in [0, 0.1) is 6.92 Å². The average molecular weight is 319 g/mol.